The zero-order valence-electron chi connectivity index (χ0n) is 13.2. The van der Waals surface area contributed by atoms with Crippen molar-refractivity contribution in [3.05, 3.63) is 47.1 Å². The third-order valence-corrected chi connectivity index (χ3v) is 3.80. The summed E-state index contributed by atoms with van der Waals surface area (Å²) in [5.41, 5.74) is 2.35. The lowest BCUT2D eigenvalue weighted by atomic mass is 10.1. The van der Waals surface area contributed by atoms with Crippen molar-refractivity contribution in [2.75, 3.05) is 6.54 Å². The summed E-state index contributed by atoms with van der Waals surface area (Å²) in [6.45, 7) is 8.92. The molecule has 1 aliphatic rings. The minimum absolute atomic E-state index is 0.144. The van der Waals surface area contributed by atoms with Crippen LogP contribution in [-0.2, 0) is 0 Å². The van der Waals surface area contributed by atoms with Crippen molar-refractivity contribution in [1.82, 2.24) is 24.9 Å². The van der Waals surface area contributed by atoms with Crippen LogP contribution in [0.4, 0.5) is 4.39 Å². The highest BCUT2D eigenvalue weighted by atomic mass is 19.1. The number of aromatic nitrogens is 4. The van der Waals surface area contributed by atoms with Gasteiger partial charge in [0.2, 0.25) is 0 Å². The van der Waals surface area contributed by atoms with Crippen molar-refractivity contribution in [1.29, 1.82) is 0 Å². The third-order valence-electron chi connectivity index (χ3n) is 3.80. The number of hydrogen-bond donors (Lipinski definition) is 0. The van der Waals surface area contributed by atoms with Crippen LogP contribution >= 0.6 is 0 Å². The predicted molar refractivity (Wildman–Crippen MR) is 82.6 cm³/mol. The Morgan fingerprint density at radius 2 is 2.14 bits per heavy atom. The number of nitrogens with zero attached hydrogens (tertiary/aromatic N) is 5. The monoisotopic (exact) mass is 300 g/mol. The zero-order valence-corrected chi connectivity index (χ0v) is 13.2. The van der Waals surface area contributed by atoms with Crippen LogP contribution in [0.15, 0.2) is 18.5 Å². The minimum Gasteiger partial charge on any atom is -0.368 e. The third kappa shape index (κ3) is 2.49. The van der Waals surface area contributed by atoms with Crippen LogP contribution in [0.3, 0.4) is 0 Å². The minimum atomic E-state index is -0.318. The lowest BCUT2D eigenvalue weighted by Gasteiger charge is -2.31. The van der Waals surface area contributed by atoms with E-state index in [2.05, 4.69) is 47.2 Å². The molecule has 0 spiro atoms. The Morgan fingerprint density at radius 1 is 1.36 bits per heavy atom. The van der Waals surface area contributed by atoms with Gasteiger partial charge >= 0.3 is 0 Å². The fourth-order valence-corrected chi connectivity index (χ4v) is 2.57. The van der Waals surface area contributed by atoms with Crippen molar-refractivity contribution in [3.8, 4) is 5.82 Å². The Hall–Kier alpha value is -2.24. The molecular weight excluding hydrogens is 281 g/mol. The Labute approximate surface area is 129 Å². The van der Waals surface area contributed by atoms with Crippen LogP contribution in [0.25, 0.3) is 11.9 Å². The molecule has 0 aliphatic carbocycles. The molecule has 1 unspecified atom stereocenters. The maximum atomic E-state index is 13.4. The summed E-state index contributed by atoms with van der Waals surface area (Å²) in [6.07, 6.45) is 5.26. The van der Waals surface area contributed by atoms with Crippen LogP contribution < -0.4 is 0 Å². The van der Waals surface area contributed by atoms with E-state index in [1.54, 1.807) is 17.7 Å². The number of fused-ring (bicyclic) bond motifs is 1. The van der Waals surface area contributed by atoms with Gasteiger partial charge in [0.1, 0.15) is 11.5 Å². The average Bonchev–Trinajstić information content (AvgIpc) is 2.89. The van der Waals surface area contributed by atoms with E-state index in [0.29, 0.717) is 11.4 Å². The predicted octanol–water partition coefficient (Wildman–Crippen LogP) is 3.07. The van der Waals surface area contributed by atoms with Gasteiger partial charge < -0.3 is 4.90 Å². The van der Waals surface area contributed by atoms with Crippen molar-refractivity contribution >= 4 is 6.08 Å². The van der Waals surface area contributed by atoms with Gasteiger partial charge in [0.05, 0.1) is 17.9 Å². The van der Waals surface area contributed by atoms with Gasteiger partial charge in [0.25, 0.3) is 0 Å². The summed E-state index contributed by atoms with van der Waals surface area (Å²) in [4.78, 5) is 6.34. The summed E-state index contributed by atoms with van der Waals surface area (Å²) in [6, 6.07) is 1.82. The number of hydrogen-bond acceptors (Lipinski definition) is 4. The highest BCUT2D eigenvalue weighted by Crippen LogP contribution is 2.30. The molecule has 3 heterocycles. The maximum Gasteiger partial charge on any atom is 0.156 e. The van der Waals surface area contributed by atoms with Gasteiger partial charge in [-0.3, -0.25) is 0 Å². The van der Waals surface area contributed by atoms with Crippen LogP contribution in [-0.4, -0.2) is 31.4 Å². The Bertz CT molecular complexity index is 719. The van der Waals surface area contributed by atoms with Gasteiger partial charge in [-0.25, -0.2) is 9.37 Å². The lowest BCUT2D eigenvalue weighted by Crippen LogP contribution is -2.28. The molecule has 115 valence electrons. The van der Waals surface area contributed by atoms with Gasteiger partial charge in [0.15, 0.2) is 5.82 Å². The quantitative estimate of drug-likeness (QED) is 0.874. The second kappa shape index (κ2) is 5.51. The summed E-state index contributed by atoms with van der Waals surface area (Å²) >= 11 is 0. The van der Waals surface area contributed by atoms with E-state index < -0.39 is 0 Å². The number of rotatable bonds is 3. The normalized spacial score (nSPS) is 17.2. The molecule has 0 saturated carbocycles. The number of aryl methyl sites for hydroxylation is 1. The molecule has 3 rings (SSSR count). The highest BCUT2D eigenvalue weighted by Gasteiger charge is 2.26. The molecule has 22 heavy (non-hydrogen) atoms. The molecule has 0 saturated heterocycles. The molecule has 5 nitrogen and oxygen atoms in total. The topological polar surface area (TPSA) is 46.8 Å². The molecule has 0 bridgehead atoms. The smallest absolute Gasteiger partial charge is 0.156 e. The second-order valence-electron chi connectivity index (χ2n) is 5.93. The number of halogens is 1. The first-order valence-electron chi connectivity index (χ1n) is 7.28. The first-order valence-corrected chi connectivity index (χ1v) is 7.28. The van der Waals surface area contributed by atoms with E-state index in [-0.39, 0.29) is 11.9 Å². The van der Waals surface area contributed by atoms with E-state index >= 15 is 0 Å². The lowest BCUT2D eigenvalue weighted by molar-refractivity contribution is 0.300. The molecule has 1 radical (unpaired) electrons. The molecule has 0 amide bonds. The largest absolute Gasteiger partial charge is 0.368 e. The van der Waals surface area contributed by atoms with E-state index in [0.717, 1.165) is 17.9 Å². The van der Waals surface area contributed by atoms with Crippen LogP contribution in [0.1, 0.15) is 43.8 Å². The zero-order chi connectivity index (χ0) is 15.9. The molecule has 1 aliphatic heterocycles. The molecule has 0 fully saturated rings. The van der Waals surface area contributed by atoms with Gasteiger partial charge in [-0.1, -0.05) is 19.1 Å². The molecule has 0 N–H and O–H groups in total. The van der Waals surface area contributed by atoms with Crippen LogP contribution in [0, 0.1) is 18.7 Å². The van der Waals surface area contributed by atoms with Crippen molar-refractivity contribution in [2.45, 2.75) is 33.7 Å². The Kier molecular flexibility index (Phi) is 3.68. The average molecular weight is 300 g/mol. The van der Waals surface area contributed by atoms with Crippen molar-refractivity contribution in [2.24, 2.45) is 0 Å². The summed E-state index contributed by atoms with van der Waals surface area (Å²) < 4.78 is 15.0. The van der Waals surface area contributed by atoms with Crippen LogP contribution in [0.2, 0.25) is 0 Å². The van der Waals surface area contributed by atoms with Gasteiger partial charge in [-0.2, -0.15) is 4.68 Å². The van der Waals surface area contributed by atoms with Crippen LogP contribution in [0.5, 0.6) is 0 Å². The van der Waals surface area contributed by atoms with Gasteiger partial charge in [-0.05, 0) is 37.5 Å². The molecule has 2 aromatic heterocycles. The Balaban J connectivity index is 1.98. The van der Waals surface area contributed by atoms with Crippen molar-refractivity contribution < 1.29 is 4.39 Å². The van der Waals surface area contributed by atoms with E-state index in [9.17, 15) is 4.39 Å². The molecule has 2 aromatic rings. The van der Waals surface area contributed by atoms with E-state index in [1.807, 2.05) is 6.08 Å². The van der Waals surface area contributed by atoms with Crippen molar-refractivity contribution in [3.63, 3.8) is 0 Å². The first-order chi connectivity index (χ1) is 10.5. The van der Waals surface area contributed by atoms with E-state index in [1.165, 1.54) is 12.1 Å². The van der Waals surface area contributed by atoms with E-state index in [4.69, 9.17) is 0 Å². The molecule has 6 heteroatoms. The summed E-state index contributed by atoms with van der Waals surface area (Å²) in [5.74, 6) is 1.60. The summed E-state index contributed by atoms with van der Waals surface area (Å²) in [5, 5.41) is 8.50. The molecule has 0 aromatic carbocycles. The fraction of sp³-hybridized carbons (Fsp3) is 0.375. The molecule has 1 atom stereocenters. The molecular formula is C16H19FN5. The van der Waals surface area contributed by atoms with Gasteiger partial charge in [0, 0.05) is 12.7 Å². The highest BCUT2D eigenvalue weighted by molar-refractivity contribution is 5.53. The fourth-order valence-electron chi connectivity index (χ4n) is 2.57. The SMILES string of the molecule is C[C](C)CN1C=Cc2c(nnn2-c2cc(C)c(F)cn2)C1C. The maximum absolute atomic E-state index is 13.4. The number of pyridine rings is 1. The van der Waals surface area contributed by atoms with Gasteiger partial charge in [-0.15, -0.1) is 5.10 Å². The second-order valence-corrected chi connectivity index (χ2v) is 5.93. The summed E-state index contributed by atoms with van der Waals surface area (Å²) in [7, 11) is 0. The first kappa shape index (κ1) is 14.7. The standard InChI is InChI=1S/C16H19FN5/c1-10(2)9-21-6-5-14-16(12(21)4)19-20-22(14)15-7-11(3)13(17)8-18-15/h5-8,12H,9H2,1-4H3. The Morgan fingerprint density at radius 3 is 2.82 bits per heavy atom.